The van der Waals surface area contributed by atoms with Gasteiger partial charge in [0.05, 0.1) is 46.0 Å². The molecule has 0 bridgehead atoms. The summed E-state index contributed by atoms with van der Waals surface area (Å²) in [5, 5.41) is 1.39. The van der Waals surface area contributed by atoms with Crippen molar-refractivity contribution in [1.29, 1.82) is 0 Å². The number of methoxy groups -OCH3 is 1. The lowest BCUT2D eigenvalue weighted by molar-refractivity contribution is -0.152. The van der Waals surface area contributed by atoms with Crippen LogP contribution in [-0.2, 0) is 25.6 Å². The van der Waals surface area contributed by atoms with Gasteiger partial charge in [-0.05, 0) is 30.9 Å². The van der Waals surface area contributed by atoms with Crippen LogP contribution < -0.4 is 5.19 Å². The minimum Gasteiger partial charge on any atom is -0.469 e. The van der Waals surface area contributed by atoms with Gasteiger partial charge in [0.15, 0.2) is 0 Å². The Morgan fingerprint density at radius 3 is 2.16 bits per heavy atom. The molecule has 0 unspecified atom stereocenters. The van der Waals surface area contributed by atoms with E-state index in [1.807, 2.05) is 25.1 Å². The van der Waals surface area contributed by atoms with Crippen LogP contribution in [0.3, 0.4) is 0 Å². The first-order valence-corrected chi connectivity index (χ1v) is 14.3. The van der Waals surface area contributed by atoms with E-state index in [2.05, 4.69) is 69.4 Å². The number of esters is 1. The maximum absolute atomic E-state index is 12.5. The predicted molar refractivity (Wildman–Crippen MR) is 127 cm³/mol. The molecule has 0 aliphatic carbocycles. The van der Waals surface area contributed by atoms with Crippen LogP contribution in [0.4, 0.5) is 0 Å². The highest BCUT2D eigenvalue weighted by Crippen LogP contribution is 2.48. The van der Waals surface area contributed by atoms with Crippen molar-refractivity contribution in [3.63, 3.8) is 0 Å². The first-order chi connectivity index (χ1) is 14.8. The van der Waals surface area contributed by atoms with Gasteiger partial charge >= 0.3 is 5.97 Å². The van der Waals surface area contributed by atoms with Crippen LogP contribution in [0.2, 0.25) is 18.6 Å². The largest absolute Gasteiger partial charge is 0.469 e. The minimum absolute atomic E-state index is 0.0682. The summed E-state index contributed by atoms with van der Waals surface area (Å²) in [7, 11) is -0.503. The summed E-state index contributed by atoms with van der Waals surface area (Å²) < 4.78 is 18.0. The third-order valence-corrected chi connectivity index (χ3v) is 11.3. The number of rotatable bonds is 8. The molecular weight excluding hydrogens is 404 g/mol. The van der Waals surface area contributed by atoms with E-state index in [-0.39, 0.29) is 41.7 Å². The van der Waals surface area contributed by atoms with Crippen LogP contribution >= 0.6 is 0 Å². The van der Waals surface area contributed by atoms with Crippen molar-refractivity contribution in [3.8, 4) is 0 Å². The minimum atomic E-state index is -1.96. The molecule has 2 aromatic carbocycles. The SMILES string of the molecule is COC(=O)[C@H](C)[C@H]1O[C@H]([C@H](C)OCc2ccccc2)[C@@H](C)[C@@H]1[Si](C)(C)c1ccccc1. The van der Waals surface area contributed by atoms with Crippen molar-refractivity contribution in [2.45, 2.75) is 64.3 Å². The van der Waals surface area contributed by atoms with E-state index in [0.29, 0.717) is 6.61 Å². The Kier molecular flexibility index (Phi) is 7.73. The van der Waals surface area contributed by atoms with Crippen LogP contribution in [0.25, 0.3) is 0 Å². The van der Waals surface area contributed by atoms with Gasteiger partial charge in [-0.15, -0.1) is 0 Å². The molecule has 2 aromatic rings. The van der Waals surface area contributed by atoms with Crippen LogP contribution in [-0.4, -0.2) is 39.5 Å². The molecule has 1 saturated heterocycles. The fraction of sp³-hybridized carbons (Fsp3) is 0.500. The molecule has 1 aliphatic heterocycles. The Bertz CT molecular complexity index is 839. The summed E-state index contributed by atoms with van der Waals surface area (Å²) in [5.41, 5.74) is 1.42. The average molecular weight is 441 g/mol. The van der Waals surface area contributed by atoms with Gasteiger partial charge in [-0.2, -0.15) is 0 Å². The zero-order valence-electron chi connectivity index (χ0n) is 19.6. The number of carbonyl (C=O) groups excluding carboxylic acids is 1. The second kappa shape index (κ2) is 10.1. The molecule has 4 nitrogen and oxygen atoms in total. The first kappa shape index (κ1) is 23.7. The molecule has 3 rings (SSSR count). The van der Waals surface area contributed by atoms with Gasteiger partial charge in [0.2, 0.25) is 0 Å². The summed E-state index contributed by atoms with van der Waals surface area (Å²) in [6, 6.07) is 20.9. The second-order valence-electron chi connectivity index (χ2n) is 9.35. The fourth-order valence-electron chi connectivity index (χ4n) is 5.21. The number of hydrogen-bond donors (Lipinski definition) is 0. The number of ether oxygens (including phenoxy) is 3. The third-order valence-electron chi connectivity index (χ3n) is 6.99. The highest BCUT2D eigenvalue weighted by molar-refractivity contribution is 6.91. The third kappa shape index (κ3) is 5.11. The van der Waals surface area contributed by atoms with Crippen molar-refractivity contribution in [3.05, 3.63) is 66.2 Å². The van der Waals surface area contributed by atoms with Crippen LogP contribution in [0, 0.1) is 11.8 Å². The Labute approximate surface area is 187 Å². The Morgan fingerprint density at radius 1 is 1.00 bits per heavy atom. The van der Waals surface area contributed by atoms with Crippen LogP contribution in [0.15, 0.2) is 60.7 Å². The molecule has 5 heteroatoms. The average Bonchev–Trinajstić information content (AvgIpc) is 3.15. The molecule has 1 heterocycles. The summed E-state index contributed by atoms with van der Waals surface area (Å²) in [4.78, 5) is 12.5. The molecule has 1 fully saturated rings. The van der Waals surface area contributed by atoms with E-state index < -0.39 is 8.07 Å². The molecule has 0 radical (unpaired) electrons. The van der Waals surface area contributed by atoms with Crippen molar-refractivity contribution >= 4 is 19.2 Å². The van der Waals surface area contributed by atoms with Crippen molar-refractivity contribution < 1.29 is 19.0 Å². The molecule has 31 heavy (non-hydrogen) atoms. The summed E-state index contributed by atoms with van der Waals surface area (Å²) in [5.74, 6) is -0.261. The van der Waals surface area contributed by atoms with Crippen molar-refractivity contribution in [2.24, 2.45) is 11.8 Å². The van der Waals surface area contributed by atoms with E-state index in [1.165, 1.54) is 12.3 Å². The van der Waals surface area contributed by atoms with Crippen LogP contribution in [0.1, 0.15) is 26.3 Å². The van der Waals surface area contributed by atoms with Gasteiger partial charge in [-0.3, -0.25) is 4.79 Å². The van der Waals surface area contributed by atoms with Gasteiger partial charge in [0.25, 0.3) is 0 Å². The molecule has 0 amide bonds. The highest BCUT2D eigenvalue weighted by Gasteiger charge is 2.54. The lowest BCUT2D eigenvalue weighted by atomic mass is 9.93. The Hall–Kier alpha value is -1.95. The highest BCUT2D eigenvalue weighted by atomic mass is 28.3. The maximum Gasteiger partial charge on any atom is 0.311 e. The van der Waals surface area contributed by atoms with Gasteiger partial charge in [-0.25, -0.2) is 0 Å². The molecule has 168 valence electrons. The Morgan fingerprint density at radius 2 is 1.58 bits per heavy atom. The van der Waals surface area contributed by atoms with Gasteiger partial charge < -0.3 is 14.2 Å². The van der Waals surface area contributed by atoms with Gasteiger partial charge in [0.1, 0.15) is 0 Å². The fourth-order valence-corrected chi connectivity index (χ4v) is 9.33. The normalized spacial score (nSPS) is 25.7. The van der Waals surface area contributed by atoms with Gasteiger partial charge in [0, 0.05) is 0 Å². The van der Waals surface area contributed by atoms with E-state index in [4.69, 9.17) is 14.2 Å². The van der Waals surface area contributed by atoms with E-state index in [9.17, 15) is 4.79 Å². The molecule has 0 aromatic heterocycles. The first-order valence-electron chi connectivity index (χ1n) is 11.2. The maximum atomic E-state index is 12.5. The molecule has 6 atom stereocenters. The van der Waals surface area contributed by atoms with Gasteiger partial charge in [-0.1, -0.05) is 85.9 Å². The Balaban J connectivity index is 1.85. The quantitative estimate of drug-likeness (QED) is 0.437. The topological polar surface area (TPSA) is 44.8 Å². The summed E-state index contributed by atoms with van der Waals surface area (Å²) in [6.45, 7) is 11.6. The lowest BCUT2D eigenvalue weighted by Gasteiger charge is -2.37. The number of hydrogen-bond acceptors (Lipinski definition) is 4. The van der Waals surface area contributed by atoms with Crippen molar-refractivity contribution in [1.82, 2.24) is 0 Å². The zero-order valence-corrected chi connectivity index (χ0v) is 20.6. The molecule has 0 spiro atoms. The molecule has 0 saturated carbocycles. The molecule has 0 N–H and O–H groups in total. The molecular formula is C26H36O4Si. The number of carbonyl (C=O) groups is 1. The standard InChI is InChI=1S/C26H36O4Si/c1-18-23(20(3)29-17-21-13-9-7-10-14-21)30-24(19(2)26(27)28-4)25(18)31(5,6)22-15-11-8-12-16-22/h7-16,18-20,23-25H,17H2,1-6H3/t18-,19-,20+,23+,24-,25+/m1/s1. The smallest absolute Gasteiger partial charge is 0.311 e. The van der Waals surface area contributed by atoms with E-state index in [0.717, 1.165) is 5.56 Å². The zero-order chi connectivity index (χ0) is 22.6. The lowest BCUT2D eigenvalue weighted by Crippen LogP contribution is -2.52. The predicted octanol–water partition coefficient (Wildman–Crippen LogP) is 4.79. The second-order valence-corrected chi connectivity index (χ2v) is 14.0. The number of benzene rings is 2. The van der Waals surface area contributed by atoms with E-state index in [1.54, 1.807) is 0 Å². The monoisotopic (exact) mass is 440 g/mol. The summed E-state index contributed by atoms with van der Waals surface area (Å²) >= 11 is 0. The molecule has 1 aliphatic rings. The summed E-state index contributed by atoms with van der Waals surface area (Å²) in [6.07, 6.45) is -0.327. The van der Waals surface area contributed by atoms with Crippen molar-refractivity contribution in [2.75, 3.05) is 7.11 Å². The van der Waals surface area contributed by atoms with Crippen LogP contribution in [0.5, 0.6) is 0 Å². The van der Waals surface area contributed by atoms with E-state index >= 15 is 0 Å².